The predicted molar refractivity (Wildman–Crippen MR) is 113 cm³/mol. The number of fused-ring (bicyclic) bond motifs is 3. The van der Waals surface area contributed by atoms with E-state index in [0.717, 1.165) is 17.7 Å². The maximum Gasteiger partial charge on any atom is 0.228 e. The molecule has 0 heterocycles. The number of benzene rings is 3. The minimum atomic E-state index is -0.123. The molecule has 148 valence electrons. The van der Waals surface area contributed by atoms with Crippen LogP contribution in [0, 0.1) is 0 Å². The molecule has 3 aromatic rings. The standard InChI is InChI=1S/C24H23NO4/c1-27-21-11-9-17(23(28-2)24(21)29-3)13-22(26)25-18-10-8-16-12-15-6-4-5-7-19(15)20(16)14-18/h4-11,14H,12-13H2,1-3H3,(H,25,26). The van der Waals surface area contributed by atoms with Crippen LogP contribution in [0.1, 0.15) is 16.7 Å². The molecule has 0 saturated carbocycles. The molecule has 1 N–H and O–H groups in total. The van der Waals surface area contributed by atoms with Gasteiger partial charge in [0.2, 0.25) is 11.7 Å². The minimum absolute atomic E-state index is 0.123. The average Bonchev–Trinajstić information content (AvgIpc) is 3.11. The smallest absolute Gasteiger partial charge is 0.228 e. The first kappa shape index (κ1) is 18.9. The zero-order valence-corrected chi connectivity index (χ0v) is 16.7. The maximum absolute atomic E-state index is 12.7. The molecular weight excluding hydrogens is 366 g/mol. The molecule has 3 aromatic carbocycles. The first-order valence-corrected chi connectivity index (χ1v) is 9.43. The Morgan fingerprint density at radius 3 is 2.38 bits per heavy atom. The molecule has 0 saturated heterocycles. The summed E-state index contributed by atoms with van der Waals surface area (Å²) in [5.41, 5.74) is 6.54. The van der Waals surface area contributed by atoms with E-state index in [-0.39, 0.29) is 12.3 Å². The van der Waals surface area contributed by atoms with Gasteiger partial charge in [-0.3, -0.25) is 4.79 Å². The van der Waals surface area contributed by atoms with E-state index in [0.29, 0.717) is 17.2 Å². The summed E-state index contributed by atoms with van der Waals surface area (Å²) in [6.07, 6.45) is 1.10. The van der Waals surface area contributed by atoms with Crippen molar-refractivity contribution in [2.75, 3.05) is 26.6 Å². The van der Waals surface area contributed by atoms with Crippen molar-refractivity contribution in [3.63, 3.8) is 0 Å². The molecule has 0 unspecified atom stereocenters. The third-order valence-electron chi connectivity index (χ3n) is 5.22. The third kappa shape index (κ3) is 3.51. The second-order valence-corrected chi connectivity index (χ2v) is 6.92. The fraction of sp³-hybridized carbons (Fsp3) is 0.208. The van der Waals surface area contributed by atoms with Crippen molar-refractivity contribution in [1.82, 2.24) is 0 Å². The topological polar surface area (TPSA) is 56.8 Å². The van der Waals surface area contributed by atoms with Gasteiger partial charge in [0.25, 0.3) is 0 Å². The van der Waals surface area contributed by atoms with Crippen LogP contribution in [0.2, 0.25) is 0 Å². The Kier molecular flexibility index (Phi) is 5.12. The molecule has 5 nitrogen and oxygen atoms in total. The van der Waals surface area contributed by atoms with Gasteiger partial charge in [0.1, 0.15) is 0 Å². The van der Waals surface area contributed by atoms with Crippen molar-refractivity contribution >= 4 is 11.6 Å². The van der Waals surface area contributed by atoms with Crippen LogP contribution in [-0.4, -0.2) is 27.2 Å². The van der Waals surface area contributed by atoms with Crippen molar-refractivity contribution < 1.29 is 19.0 Å². The minimum Gasteiger partial charge on any atom is -0.493 e. The number of anilines is 1. The Morgan fingerprint density at radius 2 is 1.62 bits per heavy atom. The van der Waals surface area contributed by atoms with Crippen LogP contribution in [0.4, 0.5) is 5.69 Å². The second kappa shape index (κ2) is 7.87. The fourth-order valence-corrected chi connectivity index (χ4v) is 3.88. The van der Waals surface area contributed by atoms with Crippen LogP contribution in [-0.2, 0) is 17.6 Å². The number of ether oxygens (including phenoxy) is 3. The Labute approximate surface area is 170 Å². The number of carbonyl (C=O) groups is 1. The summed E-state index contributed by atoms with van der Waals surface area (Å²) in [5.74, 6) is 1.42. The molecule has 1 aliphatic rings. The molecule has 0 fully saturated rings. The van der Waals surface area contributed by atoms with Gasteiger partial charge in [-0.1, -0.05) is 36.4 Å². The Morgan fingerprint density at radius 1 is 0.862 bits per heavy atom. The van der Waals surface area contributed by atoms with E-state index in [9.17, 15) is 4.79 Å². The van der Waals surface area contributed by atoms with Crippen molar-refractivity contribution in [3.8, 4) is 28.4 Å². The molecule has 0 bridgehead atoms. The normalized spacial score (nSPS) is 11.4. The number of methoxy groups -OCH3 is 3. The highest BCUT2D eigenvalue weighted by atomic mass is 16.5. The van der Waals surface area contributed by atoms with E-state index < -0.39 is 0 Å². The highest BCUT2D eigenvalue weighted by Gasteiger charge is 2.20. The van der Waals surface area contributed by atoms with E-state index in [2.05, 4.69) is 29.6 Å². The summed E-state index contributed by atoms with van der Waals surface area (Å²) < 4.78 is 16.2. The molecule has 29 heavy (non-hydrogen) atoms. The van der Waals surface area contributed by atoms with E-state index in [1.807, 2.05) is 24.3 Å². The molecule has 0 aliphatic heterocycles. The fourth-order valence-electron chi connectivity index (χ4n) is 3.88. The van der Waals surface area contributed by atoms with E-state index >= 15 is 0 Å². The largest absolute Gasteiger partial charge is 0.493 e. The average molecular weight is 389 g/mol. The van der Waals surface area contributed by atoms with Gasteiger partial charge in [-0.25, -0.2) is 0 Å². The van der Waals surface area contributed by atoms with Gasteiger partial charge >= 0.3 is 0 Å². The number of nitrogens with one attached hydrogen (secondary N) is 1. The van der Waals surface area contributed by atoms with Crippen LogP contribution in [0.3, 0.4) is 0 Å². The number of hydrogen-bond acceptors (Lipinski definition) is 4. The van der Waals surface area contributed by atoms with Gasteiger partial charge < -0.3 is 19.5 Å². The molecule has 4 rings (SSSR count). The van der Waals surface area contributed by atoms with E-state index in [4.69, 9.17) is 14.2 Å². The molecule has 0 radical (unpaired) electrons. The third-order valence-corrected chi connectivity index (χ3v) is 5.22. The van der Waals surface area contributed by atoms with Crippen LogP contribution in [0.5, 0.6) is 17.2 Å². The van der Waals surface area contributed by atoms with Gasteiger partial charge in [0.15, 0.2) is 11.5 Å². The van der Waals surface area contributed by atoms with Crippen molar-refractivity contribution in [3.05, 3.63) is 71.3 Å². The lowest BCUT2D eigenvalue weighted by atomic mass is 10.0. The lowest BCUT2D eigenvalue weighted by Crippen LogP contribution is -2.15. The van der Waals surface area contributed by atoms with E-state index in [1.54, 1.807) is 27.4 Å². The first-order chi connectivity index (χ1) is 14.1. The Bertz CT molecular complexity index is 1070. The summed E-state index contributed by atoms with van der Waals surface area (Å²) >= 11 is 0. The maximum atomic E-state index is 12.7. The van der Waals surface area contributed by atoms with Gasteiger partial charge in [0, 0.05) is 11.3 Å². The van der Waals surface area contributed by atoms with Gasteiger partial charge in [0.05, 0.1) is 27.8 Å². The van der Waals surface area contributed by atoms with Crippen molar-refractivity contribution in [1.29, 1.82) is 0 Å². The zero-order chi connectivity index (χ0) is 20.4. The Balaban J connectivity index is 1.55. The van der Waals surface area contributed by atoms with Crippen LogP contribution >= 0.6 is 0 Å². The van der Waals surface area contributed by atoms with Crippen molar-refractivity contribution in [2.24, 2.45) is 0 Å². The van der Waals surface area contributed by atoms with Crippen LogP contribution < -0.4 is 19.5 Å². The van der Waals surface area contributed by atoms with Gasteiger partial charge in [-0.2, -0.15) is 0 Å². The number of hydrogen-bond donors (Lipinski definition) is 1. The second-order valence-electron chi connectivity index (χ2n) is 6.92. The molecule has 0 atom stereocenters. The van der Waals surface area contributed by atoms with E-state index in [1.165, 1.54) is 22.3 Å². The lowest BCUT2D eigenvalue weighted by molar-refractivity contribution is -0.115. The molecular formula is C24H23NO4. The zero-order valence-electron chi connectivity index (χ0n) is 16.7. The highest BCUT2D eigenvalue weighted by Crippen LogP contribution is 2.40. The monoisotopic (exact) mass is 389 g/mol. The summed E-state index contributed by atoms with van der Waals surface area (Å²) in [5, 5.41) is 3.00. The molecule has 1 amide bonds. The number of amides is 1. The van der Waals surface area contributed by atoms with Crippen LogP contribution in [0.25, 0.3) is 11.1 Å². The summed E-state index contributed by atoms with van der Waals surface area (Å²) in [6.45, 7) is 0. The number of carbonyl (C=O) groups excluding carboxylic acids is 1. The summed E-state index contributed by atoms with van der Waals surface area (Å²) in [4.78, 5) is 12.7. The van der Waals surface area contributed by atoms with Crippen LogP contribution in [0.15, 0.2) is 54.6 Å². The quantitative estimate of drug-likeness (QED) is 0.529. The lowest BCUT2D eigenvalue weighted by Gasteiger charge is -2.15. The first-order valence-electron chi connectivity index (χ1n) is 9.43. The Hall–Kier alpha value is -3.47. The number of rotatable bonds is 6. The molecule has 0 spiro atoms. The highest BCUT2D eigenvalue weighted by molar-refractivity contribution is 5.94. The van der Waals surface area contributed by atoms with Gasteiger partial charge in [-0.15, -0.1) is 0 Å². The molecule has 0 aromatic heterocycles. The predicted octanol–water partition coefficient (Wildman–Crippen LogP) is 4.46. The molecule has 1 aliphatic carbocycles. The molecule has 5 heteroatoms. The van der Waals surface area contributed by atoms with Crippen molar-refractivity contribution in [2.45, 2.75) is 12.8 Å². The summed E-state index contributed by atoms with van der Waals surface area (Å²) in [7, 11) is 4.67. The SMILES string of the molecule is COc1ccc(CC(=O)Nc2ccc3c(c2)-c2ccccc2C3)c(OC)c1OC. The van der Waals surface area contributed by atoms with Gasteiger partial charge in [-0.05, 0) is 46.9 Å². The summed E-state index contributed by atoms with van der Waals surface area (Å²) in [6, 6.07) is 18.1.